The van der Waals surface area contributed by atoms with Crippen LogP contribution < -0.4 is 9.77 Å². The second kappa shape index (κ2) is 9.12. The van der Waals surface area contributed by atoms with Gasteiger partial charge in [-0.25, -0.2) is 0 Å². The number of hydrogen-bond donors (Lipinski definition) is 0. The van der Waals surface area contributed by atoms with Gasteiger partial charge in [-0.3, -0.25) is 19.1 Å². The molecule has 2 atom stereocenters. The number of thiazole rings is 1. The van der Waals surface area contributed by atoms with Gasteiger partial charge >= 0.3 is 10.8 Å². The Morgan fingerprint density at radius 3 is 2.63 bits per heavy atom. The van der Waals surface area contributed by atoms with E-state index in [0.29, 0.717) is 0 Å². The number of benzene rings is 1. The molecule has 4 rings (SSSR count). The van der Waals surface area contributed by atoms with E-state index in [0.717, 1.165) is 66.7 Å². The van der Waals surface area contributed by atoms with Gasteiger partial charge in [0.05, 0.1) is 0 Å². The molecule has 1 aromatic heterocycles. The fourth-order valence-electron chi connectivity index (χ4n) is 4.55. The van der Waals surface area contributed by atoms with E-state index < -0.39 is 0 Å². The quantitative estimate of drug-likeness (QED) is 0.654. The smallest absolute Gasteiger partial charge is 0.326 e. The van der Waals surface area contributed by atoms with Crippen LogP contribution in [-0.2, 0) is 16.1 Å². The summed E-state index contributed by atoms with van der Waals surface area (Å²) in [6.45, 7) is 7.51. The van der Waals surface area contributed by atoms with Crippen LogP contribution in [0.3, 0.4) is 0 Å². The predicted octanol–water partition coefficient (Wildman–Crippen LogP) is 3.47. The normalized spacial score (nSPS) is 22.4. The van der Waals surface area contributed by atoms with E-state index in [9.17, 15) is 9.59 Å². The van der Waals surface area contributed by atoms with Crippen molar-refractivity contribution < 1.29 is 9.53 Å². The zero-order valence-electron chi connectivity index (χ0n) is 17.5. The first kappa shape index (κ1) is 21.4. The minimum Gasteiger partial charge on any atom is -0.459 e. The molecule has 2 fully saturated rings. The molecule has 30 heavy (non-hydrogen) atoms. The Hall–Kier alpha value is -1.83. The van der Waals surface area contributed by atoms with Gasteiger partial charge in [-0.1, -0.05) is 29.0 Å². The van der Waals surface area contributed by atoms with Gasteiger partial charge in [0, 0.05) is 53.5 Å². The standard InChI is InChI=1S/C22H28ClN3O3S/c1-15-16(2)30-22(28)26(15)14-21(27)29-20-8-4-7-19(20)25-11-9-24(10-12-25)18-6-3-5-17(23)13-18/h3,5-6,13,19-20H,4,7-12,14H2,1-2H3/t19-,20-/m0/s1. The number of nitrogens with zero attached hydrogens (tertiary/aromatic N) is 3. The summed E-state index contributed by atoms with van der Waals surface area (Å²) in [6, 6.07) is 8.24. The Morgan fingerprint density at radius 1 is 1.20 bits per heavy atom. The van der Waals surface area contributed by atoms with Crippen LogP contribution in [0.25, 0.3) is 0 Å². The SMILES string of the molecule is Cc1sc(=O)n(CC(=O)O[C@H]2CCC[C@@H]2N2CCN(c3cccc(Cl)c3)CC2)c1C. The number of carbonyl (C=O) groups is 1. The average Bonchev–Trinajstić information content (AvgIpc) is 3.28. The summed E-state index contributed by atoms with van der Waals surface area (Å²) < 4.78 is 7.38. The van der Waals surface area contributed by atoms with Crippen molar-refractivity contribution in [2.45, 2.75) is 51.8 Å². The highest BCUT2D eigenvalue weighted by Gasteiger charge is 2.36. The molecule has 1 saturated carbocycles. The monoisotopic (exact) mass is 449 g/mol. The van der Waals surface area contributed by atoms with Gasteiger partial charge in [-0.2, -0.15) is 0 Å². The molecule has 1 saturated heterocycles. The van der Waals surface area contributed by atoms with E-state index in [1.807, 2.05) is 32.0 Å². The molecule has 1 aliphatic carbocycles. The first-order chi connectivity index (χ1) is 14.4. The maximum Gasteiger partial charge on any atom is 0.326 e. The Bertz CT molecular complexity index is 965. The third kappa shape index (κ3) is 4.58. The molecular weight excluding hydrogens is 422 g/mol. The zero-order chi connectivity index (χ0) is 21.3. The summed E-state index contributed by atoms with van der Waals surface area (Å²) in [5.74, 6) is -0.313. The van der Waals surface area contributed by atoms with Crippen LogP contribution in [0.2, 0.25) is 5.02 Å². The van der Waals surface area contributed by atoms with E-state index in [-0.39, 0.29) is 29.5 Å². The molecule has 0 spiro atoms. The number of piperazine rings is 1. The van der Waals surface area contributed by atoms with Gasteiger partial charge < -0.3 is 9.64 Å². The number of esters is 1. The lowest BCUT2D eigenvalue weighted by Gasteiger charge is -2.40. The maximum atomic E-state index is 12.6. The van der Waals surface area contributed by atoms with Crippen molar-refractivity contribution in [2.75, 3.05) is 31.1 Å². The number of rotatable bonds is 5. The van der Waals surface area contributed by atoms with Crippen LogP contribution in [0.1, 0.15) is 29.8 Å². The van der Waals surface area contributed by atoms with Crippen LogP contribution >= 0.6 is 22.9 Å². The minimum absolute atomic E-state index is 0.000765. The summed E-state index contributed by atoms with van der Waals surface area (Å²) in [4.78, 5) is 30.3. The highest BCUT2D eigenvalue weighted by atomic mass is 35.5. The number of ether oxygens (including phenoxy) is 1. The Balaban J connectivity index is 1.34. The molecule has 162 valence electrons. The van der Waals surface area contributed by atoms with Crippen molar-refractivity contribution in [1.82, 2.24) is 9.47 Å². The van der Waals surface area contributed by atoms with Crippen LogP contribution in [0.15, 0.2) is 29.1 Å². The number of aromatic nitrogens is 1. The summed E-state index contributed by atoms with van der Waals surface area (Å²) >= 11 is 7.32. The van der Waals surface area contributed by atoms with E-state index in [1.165, 1.54) is 15.9 Å². The van der Waals surface area contributed by atoms with Crippen molar-refractivity contribution in [3.8, 4) is 0 Å². The first-order valence-corrected chi connectivity index (χ1v) is 11.7. The fraction of sp³-hybridized carbons (Fsp3) is 0.545. The van der Waals surface area contributed by atoms with Gasteiger partial charge in [0.15, 0.2) is 0 Å². The van der Waals surface area contributed by atoms with E-state index in [1.54, 1.807) is 0 Å². The molecule has 6 nitrogen and oxygen atoms in total. The molecule has 0 bridgehead atoms. The molecule has 0 amide bonds. The van der Waals surface area contributed by atoms with E-state index in [4.69, 9.17) is 16.3 Å². The van der Waals surface area contributed by atoms with Crippen LogP contribution in [0.4, 0.5) is 5.69 Å². The third-order valence-corrected chi connectivity index (χ3v) is 7.55. The second-order valence-electron chi connectivity index (χ2n) is 8.13. The second-order valence-corrected chi connectivity index (χ2v) is 9.73. The summed E-state index contributed by atoms with van der Waals surface area (Å²) in [5, 5.41) is 0.757. The average molecular weight is 450 g/mol. The summed E-state index contributed by atoms with van der Waals surface area (Å²) in [5.41, 5.74) is 2.01. The molecule has 0 N–H and O–H groups in total. The molecule has 0 unspecified atom stereocenters. The number of aryl methyl sites for hydroxylation is 1. The van der Waals surface area contributed by atoms with E-state index >= 15 is 0 Å². The van der Waals surface area contributed by atoms with Gasteiger partial charge in [0.25, 0.3) is 0 Å². The lowest BCUT2D eigenvalue weighted by atomic mass is 10.1. The molecule has 8 heteroatoms. The number of hydrogen-bond acceptors (Lipinski definition) is 6. The molecule has 0 radical (unpaired) electrons. The Morgan fingerprint density at radius 2 is 1.97 bits per heavy atom. The predicted molar refractivity (Wildman–Crippen MR) is 121 cm³/mol. The van der Waals surface area contributed by atoms with Gasteiger partial charge in [0.1, 0.15) is 12.6 Å². The fourth-order valence-corrected chi connectivity index (χ4v) is 5.57. The van der Waals surface area contributed by atoms with Crippen molar-refractivity contribution in [3.05, 3.63) is 49.5 Å². The first-order valence-electron chi connectivity index (χ1n) is 10.5. The lowest BCUT2D eigenvalue weighted by Crippen LogP contribution is -2.53. The van der Waals surface area contributed by atoms with Crippen molar-refractivity contribution >= 4 is 34.6 Å². The molecule has 2 aromatic rings. The topological polar surface area (TPSA) is 54.8 Å². The van der Waals surface area contributed by atoms with Gasteiger partial charge in [-0.05, 0) is 51.3 Å². The van der Waals surface area contributed by atoms with Crippen LogP contribution in [-0.4, -0.2) is 53.8 Å². The van der Waals surface area contributed by atoms with Crippen molar-refractivity contribution in [3.63, 3.8) is 0 Å². The Labute approximate surface area is 186 Å². The summed E-state index contributed by atoms with van der Waals surface area (Å²) in [7, 11) is 0. The number of halogens is 1. The number of carbonyl (C=O) groups excluding carboxylic acids is 1. The minimum atomic E-state index is -0.313. The summed E-state index contributed by atoms with van der Waals surface area (Å²) in [6.07, 6.45) is 2.91. The lowest BCUT2D eigenvalue weighted by molar-refractivity contribution is -0.152. The van der Waals surface area contributed by atoms with Crippen LogP contribution in [0.5, 0.6) is 0 Å². The highest BCUT2D eigenvalue weighted by Crippen LogP contribution is 2.29. The van der Waals surface area contributed by atoms with Gasteiger partial charge in [-0.15, -0.1) is 0 Å². The van der Waals surface area contributed by atoms with Crippen molar-refractivity contribution in [1.29, 1.82) is 0 Å². The molecule has 1 aromatic carbocycles. The molecule has 2 heterocycles. The largest absolute Gasteiger partial charge is 0.459 e. The zero-order valence-corrected chi connectivity index (χ0v) is 19.0. The third-order valence-electron chi connectivity index (χ3n) is 6.32. The highest BCUT2D eigenvalue weighted by molar-refractivity contribution is 7.09. The maximum absolute atomic E-state index is 12.6. The molecular formula is C22H28ClN3O3S. The molecule has 2 aliphatic rings. The van der Waals surface area contributed by atoms with Crippen molar-refractivity contribution in [2.24, 2.45) is 0 Å². The van der Waals surface area contributed by atoms with E-state index in [2.05, 4.69) is 15.9 Å². The number of anilines is 1. The Kier molecular flexibility index (Phi) is 6.51. The molecule has 1 aliphatic heterocycles. The van der Waals surface area contributed by atoms with Gasteiger partial charge in [0.2, 0.25) is 0 Å². The van der Waals surface area contributed by atoms with Crippen LogP contribution in [0, 0.1) is 13.8 Å².